The second kappa shape index (κ2) is 7.11. The SMILES string of the molecule is Cc1cccc(C(=O)Nc2cc(-c3ccccc3)ccc2C(=O)O)c1O. The van der Waals surface area contributed by atoms with Crippen molar-refractivity contribution in [1.29, 1.82) is 0 Å². The van der Waals surface area contributed by atoms with Crippen molar-refractivity contribution in [2.75, 3.05) is 5.32 Å². The molecule has 0 spiro atoms. The van der Waals surface area contributed by atoms with Crippen molar-refractivity contribution in [3.05, 3.63) is 83.4 Å². The van der Waals surface area contributed by atoms with E-state index in [2.05, 4.69) is 5.32 Å². The van der Waals surface area contributed by atoms with E-state index in [1.807, 2.05) is 30.3 Å². The van der Waals surface area contributed by atoms with E-state index in [0.29, 0.717) is 5.56 Å². The largest absolute Gasteiger partial charge is 0.507 e. The van der Waals surface area contributed by atoms with Crippen molar-refractivity contribution < 1.29 is 19.8 Å². The number of phenols is 1. The van der Waals surface area contributed by atoms with Crippen LogP contribution in [0.1, 0.15) is 26.3 Å². The van der Waals surface area contributed by atoms with Crippen LogP contribution >= 0.6 is 0 Å². The second-order valence-corrected chi connectivity index (χ2v) is 5.86. The monoisotopic (exact) mass is 347 g/mol. The maximum atomic E-state index is 12.5. The van der Waals surface area contributed by atoms with Gasteiger partial charge in [0.25, 0.3) is 5.91 Å². The van der Waals surface area contributed by atoms with E-state index in [0.717, 1.165) is 11.1 Å². The molecule has 130 valence electrons. The standard InChI is InChI=1S/C21H17NO4/c1-13-6-5-9-17(19(13)23)20(24)22-18-12-15(10-11-16(18)21(25)26)14-7-3-2-4-8-14/h2-12,23H,1H3,(H,22,24)(H,25,26). The number of hydrogen-bond acceptors (Lipinski definition) is 3. The summed E-state index contributed by atoms with van der Waals surface area (Å²) >= 11 is 0. The van der Waals surface area contributed by atoms with E-state index in [9.17, 15) is 19.8 Å². The summed E-state index contributed by atoms with van der Waals surface area (Å²) in [5, 5.41) is 22.1. The van der Waals surface area contributed by atoms with Gasteiger partial charge < -0.3 is 15.5 Å². The van der Waals surface area contributed by atoms with Gasteiger partial charge in [0.05, 0.1) is 16.8 Å². The molecule has 0 heterocycles. The van der Waals surface area contributed by atoms with Gasteiger partial charge in [-0.3, -0.25) is 4.79 Å². The van der Waals surface area contributed by atoms with Crippen LogP contribution in [0.15, 0.2) is 66.7 Å². The molecule has 3 rings (SSSR count). The fraction of sp³-hybridized carbons (Fsp3) is 0.0476. The van der Waals surface area contributed by atoms with Gasteiger partial charge in [0, 0.05) is 0 Å². The number of aryl methyl sites for hydroxylation is 1. The third kappa shape index (κ3) is 3.42. The topological polar surface area (TPSA) is 86.6 Å². The smallest absolute Gasteiger partial charge is 0.337 e. The summed E-state index contributed by atoms with van der Waals surface area (Å²) in [7, 11) is 0. The van der Waals surface area contributed by atoms with Gasteiger partial charge in [-0.15, -0.1) is 0 Å². The van der Waals surface area contributed by atoms with Crippen molar-refractivity contribution >= 4 is 17.6 Å². The summed E-state index contributed by atoms with van der Waals surface area (Å²) in [5.74, 6) is -1.84. The molecule has 0 aliphatic carbocycles. The van der Waals surface area contributed by atoms with Crippen LogP contribution < -0.4 is 5.32 Å². The van der Waals surface area contributed by atoms with Crippen LogP contribution in [-0.2, 0) is 0 Å². The summed E-state index contributed by atoms with van der Waals surface area (Å²) in [4.78, 5) is 24.1. The predicted octanol–water partition coefficient (Wildman–Crippen LogP) is 4.32. The van der Waals surface area contributed by atoms with Gasteiger partial charge in [0.1, 0.15) is 5.75 Å². The summed E-state index contributed by atoms with van der Waals surface area (Å²) in [6.07, 6.45) is 0. The summed E-state index contributed by atoms with van der Waals surface area (Å²) in [5.41, 5.74) is 2.48. The molecule has 0 fully saturated rings. The Bertz CT molecular complexity index is 981. The molecule has 0 aromatic heterocycles. The lowest BCUT2D eigenvalue weighted by atomic mass is 10.0. The van der Waals surface area contributed by atoms with E-state index in [4.69, 9.17) is 0 Å². The highest BCUT2D eigenvalue weighted by molar-refractivity contribution is 6.09. The lowest BCUT2D eigenvalue weighted by molar-refractivity contribution is 0.0698. The first-order chi connectivity index (χ1) is 12.5. The maximum absolute atomic E-state index is 12.5. The number of anilines is 1. The van der Waals surface area contributed by atoms with Gasteiger partial charge in [0.2, 0.25) is 0 Å². The first kappa shape index (κ1) is 17.2. The van der Waals surface area contributed by atoms with Crippen LogP contribution in [0.4, 0.5) is 5.69 Å². The van der Waals surface area contributed by atoms with Gasteiger partial charge in [-0.05, 0) is 41.8 Å². The minimum Gasteiger partial charge on any atom is -0.507 e. The first-order valence-electron chi connectivity index (χ1n) is 8.00. The Hall–Kier alpha value is -3.60. The Balaban J connectivity index is 2.01. The molecule has 3 aromatic rings. The van der Waals surface area contributed by atoms with Gasteiger partial charge in [0.15, 0.2) is 0 Å². The number of hydrogen-bond donors (Lipinski definition) is 3. The minimum atomic E-state index is -1.15. The number of carboxylic acids is 1. The second-order valence-electron chi connectivity index (χ2n) is 5.86. The van der Waals surface area contributed by atoms with Crippen molar-refractivity contribution in [1.82, 2.24) is 0 Å². The van der Waals surface area contributed by atoms with E-state index in [-0.39, 0.29) is 22.6 Å². The zero-order valence-corrected chi connectivity index (χ0v) is 14.1. The number of aromatic hydroxyl groups is 1. The Kier molecular flexibility index (Phi) is 4.71. The number of amides is 1. The molecule has 0 bridgehead atoms. The summed E-state index contributed by atoms with van der Waals surface area (Å²) in [6, 6.07) is 19.0. The molecular weight excluding hydrogens is 330 g/mol. The number of rotatable bonds is 4. The molecule has 0 aliphatic heterocycles. The zero-order valence-electron chi connectivity index (χ0n) is 14.1. The molecule has 0 radical (unpaired) electrons. The number of aromatic carboxylic acids is 1. The molecule has 0 saturated heterocycles. The number of carbonyl (C=O) groups excluding carboxylic acids is 1. The van der Waals surface area contributed by atoms with Crippen LogP contribution in [0.5, 0.6) is 5.75 Å². The Labute approximate surface area is 150 Å². The average molecular weight is 347 g/mol. The molecule has 3 aromatic carbocycles. The number of phenolic OH excluding ortho intramolecular Hbond substituents is 1. The number of nitrogens with one attached hydrogen (secondary N) is 1. The predicted molar refractivity (Wildman–Crippen MR) is 99.6 cm³/mol. The van der Waals surface area contributed by atoms with Crippen molar-refractivity contribution in [2.24, 2.45) is 0 Å². The fourth-order valence-corrected chi connectivity index (χ4v) is 2.68. The first-order valence-corrected chi connectivity index (χ1v) is 8.00. The molecule has 0 aliphatic rings. The van der Waals surface area contributed by atoms with E-state index in [1.54, 1.807) is 31.2 Å². The van der Waals surface area contributed by atoms with Gasteiger partial charge in [-0.25, -0.2) is 4.79 Å². The molecule has 0 atom stereocenters. The molecule has 5 nitrogen and oxygen atoms in total. The number of benzene rings is 3. The molecule has 0 unspecified atom stereocenters. The number of para-hydroxylation sites is 1. The highest BCUT2D eigenvalue weighted by Crippen LogP contribution is 2.28. The molecule has 26 heavy (non-hydrogen) atoms. The lowest BCUT2D eigenvalue weighted by Crippen LogP contribution is -2.15. The van der Waals surface area contributed by atoms with Crippen LogP contribution in [0.25, 0.3) is 11.1 Å². The molecular formula is C21H17NO4. The quantitative estimate of drug-likeness (QED) is 0.656. The van der Waals surface area contributed by atoms with E-state index >= 15 is 0 Å². The summed E-state index contributed by atoms with van der Waals surface area (Å²) in [6.45, 7) is 1.69. The zero-order chi connectivity index (χ0) is 18.7. The molecule has 5 heteroatoms. The van der Waals surface area contributed by atoms with Gasteiger partial charge in [-0.2, -0.15) is 0 Å². The Morgan fingerprint density at radius 2 is 1.58 bits per heavy atom. The highest BCUT2D eigenvalue weighted by atomic mass is 16.4. The lowest BCUT2D eigenvalue weighted by Gasteiger charge is -2.12. The third-order valence-corrected chi connectivity index (χ3v) is 4.09. The third-order valence-electron chi connectivity index (χ3n) is 4.09. The minimum absolute atomic E-state index is 0.0230. The van der Waals surface area contributed by atoms with Crippen LogP contribution in [-0.4, -0.2) is 22.1 Å². The van der Waals surface area contributed by atoms with Crippen LogP contribution in [0.3, 0.4) is 0 Å². The fourth-order valence-electron chi connectivity index (χ4n) is 2.68. The van der Waals surface area contributed by atoms with E-state index in [1.165, 1.54) is 12.1 Å². The van der Waals surface area contributed by atoms with E-state index < -0.39 is 11.9 Å². The molecule has 1 amide bonds. The molecule has 3 N–H and O–H groups in total. The molecule has 0 saturated carbocycles. The Morgan fingerprint density at radius 3 is 2.27 bits per heavy atom. The highest BCUT2D eigenvalue weighted by Gasteiger charge is 2.17. The van der Waals surface area contributed by atoms with Crippen LogP contribution in [0.2, 0.25) is 0 Å². The number of carbonyl (C=O) groups is 2. The Morgan fingerprint density at radius 1 is 0.846 bits per heavy atom. The maximum Gasteiger partial charge on any atom is 0.337 e. The summed E-state index contributed by atoms with van der Waals surface area (Å²) < 4.78 is 0. The normalized spacial score (nSPS) is 10.3. The van der Waals surface area contributed by atoms with Gasteiger partial charge >= 0.3 is 5.97 Å². The van der Waals surface area contributed by atoms with Gasteiger partial charge in [-0.1, -0.05) is 48.5 Å². The van der Waals surface area contributed by atoms with Crippen molar-refractivity contribution in [2.45, 2.75) is 6.92 Å². The number of carboxylic acid groups (broad SMARTS) is 1. The average Bonchev–Trinajstić information content (AvgIpc) is 2.64. The van der Waals surface area contributed by atoms with Crippen molar-refractivity contribution in [3.63, 3.8) is 0 Å². The van der Waals surface area contributed by atoms with Crippen LogP contribution in [0, 0.1) is 6.92 Å². The van der Waals surface area contributed by atoms with Crippen molar-refractivity contribution in [3.8, 4) is 16.9 Å².